The summed E-state index contributed by atoms with van der Waals surface area (Å²) in [7, 11) is 0. The zero-order chi connectivity index (χ0) is 9.97. The van der Waals surface area contributed by atoms with Crippen LogP contribution in [0.3, 0.4) is 0 Å². The summed E-state index contributed by atoms with van der Waals surface area (Å²) < 4.78 is 0. The maximum absolute atomic E-state index is 11.3. The van der Waals surface area contributed by atoms with Crippen molar-refractivity contribution in [3.8, 4) is 5.75 Å². The predicted octanol–water partition coefficient (Wildman–Crippen LogP) is 0.723. The topological polar surface area (TPSA) is 49.3 Å². The number of rotatable bonds is 2. The SMILES string of the molecule is O=C1CNCC1Cc1ccc(O)cc1. The minimum absolute atomic E-state index is 0.111. The van der Waals surface area contributed by atoms with Gasteiger partial charge in [-0.15, -0.1) is 0 Å². The highest BCUT2D eigenvalue weighted by Crippen LogP contribution is 2.15. The molecule has 1 aromatic rings. The van der Waals surface area contributed by atoms with Gasteiger partial charge in [0.15, 0.2) is 5.78 Å². The molecule has 0 aliphatic carbocycles. The van der Waals surface area contributed by atoms with Crippen LogP contribution in [0.1, 0.15) is 5.56 Å². The molecule has 0 bridgehead atoms. The molecule has 1 aliphatic heterocycles. The second-order valence-electron chi connectivity index (χ2n) is 3.66. The highest BCUT2D eigenvalue weighted by molar-refractivity contribution is 5.85. The summed E-state index contributed by atoms with van der Waals surface area (Å²) in [6.45, 7) is 1.28. The van der Waals surface area contributed by atoms with E-state index in [2.05, 4.69) is 5.32 Å². The fraction of sp³-hybridized carbons (Fsp3) is 0.364. The standard InChI is InChI=1S/C11H13NO2/c13-10-3-1-8(2-4-10)5-9-6-12-7-11(9)14/h1-4,9,12-13H,5-7H2. The van der Waals surface area contributed by atoms with Crippen molar-refractivity contribution in [1.29, 1.82) is 0 Å². The first-order chi connectivity index (χ1) is 6.75. The highest BCUT2D eigenvalue weighted by Gasteiger charge is 2.23. The van der Waals surface area contributed by atoms with Crippen molar-refractivity contribution in [1.82, 2.24) is 5.32 Å². The van der Waals surface area contributed by atoms with E-state index in [0.29, 0.717) is 6.54 Å². The average Bonchev–Trinajstić information content (AvgIpc) is 2.56. The molecule has 1 aromatic carbocycles. The molecule has 0 aromatic heterocycles. The lowest BCUT2D eigenvalue weighted by Gasteiger charge is -2.06. The molecule has 1 unspecified atom stereocenters. The van der Waals surface area contributed by atoms with Crippen molar-refractivity contribution in [2.45, 2.75) is 6.42 Å². The number of phenols is 1. The molecule has 1 saturated heterocycles. The fourth-order valence-corrected chi connectivity index (χ4v) is 1.73. The Morgan fingerprint density at radius 2 is 2.07 bits per heavy atom. The first-order valence-corrected chi connectivity index (χ1v) is 4.77. The van der Waals surface area contributed by atoms with E-state index in [4.69, 9.17) is 5.11 Å². The number of aromatic hydroxyl groups is 1. The van der Waals surface area contributed by atoms with Crippen LogP contribution in [-0.2, 0) is 11.2 Å². The molecule has 3 nitrogen and oxygen atoms in total. The number of ketones is 1. The second-order valence-corrected chi connectivity index (χ2v) is 3.66. The molecule has 1 heterocycles. The number of nitrogens with one attached hydrogen (secondary N) is 1. The Hall–Kier alpha value is -1.35. The van der Waals surface area contributed by atoms with Crippen LogP contribution in [0.2, 0.25) is 0 Å². The fourth-order valence-electron chi connectivity index (χ4n) is 1.73. The molecule has 1 aliphatic rings. The Morgan fingerprint density at radius 3 is 2.64 bits per heavy atom. The van der Waals surface area contributed by atoms with Gasteiger partial charge in [-0.1, -0.05) is 12.1 Å². The maximum Gasteiger partial charge on any atom is 0.151 e. The summed E-state index contributed by atoms with van der Waals surface area (Å²) in [5.41, 5.74) is 1.10. The third-order valence-electron chi connectivity index (χ3n) is 2.56. The molecule has 1 atom stereocenters. The van der Waals surface area contributed by atoms with Gasteiger partial charge < -0.3 is 10.4 Å². The van der Waals surface area contributed by atoms with Gasteiger partial charge in [-0.2, -0.15) is 0 Å². The van der Waals surface area contributed by atoms with Gasteiger partial charge in [-0.05, 0) is 24.1 Å². The number of carbonyl (C=O) groups excluding carboxylic acids is 1. The summed E-state index contributed by atoms with van der Waals surface area (Å²) in [4.78, 5) is 11.3. The van der Waals surface area contributed by atoms with Crippen LogP contribution < -0.4 is 5.32 Å². The minimum atomic E-state index is 0.111. The van der Waals surface area contributed by atoms with E-state index in [1.807, 2.05) is 12.1 Å². The van der Waals surface area contributed by atoms with Gasteiger partial charge in [-0.25, -0.2) is 0 Å². The lowest BCUT2D eigenvalue weighted by molar-refractivity contribution is -0.119. The molecular weight excluding hydrogens is 178 g/mol. The lowest BCUT2D eigenvalue weighted by atomic mass is 9.98. The number of hydrogen-bond acceptors (Lipinski definition) is 3. The molecule has 1 fully saturated rings. The van der Waals surface area contributed by atoms with E-state index >= 15 is 0 Å². The number of phenolic OH excluding ortho intramolecular Hbond substituents is 1. The van der Waals surface area contributed by atoms with Crippen LogP contribution >= 0.6 is 0 Å². The van der Waals surface area contributed by atoms with E-state index < -0.39 is 0 Å². The Morgan fingerprint density at radius 1 is 1.36 bits per heavy atom. The van der Waals surface area contributed by atoms with E-state index in [9.17, 15) is 4.79 Å². The second kappa shape index (κ2) is 3.80. The van der Waals surface area contributed by atoms with Gasteiger partial charge in [0.25, 0.3) is 0 Å². The van der Waals surface area contributed by atoms with Crippen molar-refractivity contribution >= 4 is 5.78 Å². The molecule has 2 N–H and O–H groups in total. The summed E-state index contributed by atoms with van der Waals surface area (Å²) in [5.74, 6) is 0.669. The molecule has 3 heteroatoms. The van der Waals surface area contributed by atoms with Gasteiger partial charge in [0.05, 0.1) is 6.54 Å². The maximum atomic E-state index is 11.3. The number of Topliss-reactive ketones (excluding diaryl/α,β-unsaturated/α-hetero) is 1. The number of hydrogen-bond donors (Lipinski definition) is 2. The molecule has 0 amide bonds. The Balaban J connectivity index is 2.03. The lowest BCUT2D eigenvalue weighted by Crippen LogP contribution is -2.14. The summed E-state index contributed by atoms with van der Waals surface area (Å²) in [6, 6.07) is 7.03. The van der Waals surface area contributed by atoms with Crippen LogP contribution in [0.4, 0.5) is 0 Å². The van der Waals surface area contributed by atoms with E-state index in [1.165, 1.54) is 0 Å². The zero-order valence-electron chi connectivity index (χ0n) is 7.86. The van der Waals surface area contributed by atoms with Crippen molar-refractivity contribution in [2.24, 2.45) is 5.92 Å². The molecule has 0 radical (unpaired) electrons. The van der Waals surface area contributed by atoms with Crippen LogP contribution in [0, 0.1) is 5.92 Å². The summed E-state index contributed by atoms with van der Waals surface area (Å²) in [5, 5.41) is 12.1. The third-order valence-corrected chi connectivity index (χ3v) is 2.56. The largest absolute Gasteiger partial charge is 0.508 e. The summed E-state index contributed by atoms with van der Waals surface area (Å²) >= 11 is 0. The average molecular weight is 191 g/mol. The van der Waals surface area contributed by atoms with Crippen LogP contribution in [0.5, 0.6) is 5.75 Å². The molecule has 74 valence electrons. The highest BCUT2D eigenvalue weighted by atomic mass is 16.3. The smallest absolute Gasteiger partial charge is 0.151 e. The van der Waals surface area contributed by atoms with Gasteiger partial charge in [0.2, 0.25) is 0 Å². The van der Waals surface area contributed by atoms with Gasteiger partial charge >= 0.3 is 0 Å². The Labute approximate surface area is 82.8 Å². The number of carbonyl (C=O) groups is 1. The van der Waals surface area contributed by atoms with Crippen molar-refractivity contribution in [2.75, 3.05) is 13.1 Å². The van der Waals surface area contributed by atoms with Crippen LogP contribution in [0.25, 0.3) is 0 Å². The Bertz CT molecular complexity index is 332. The van der Waals surface area contributed by atoms with Crippen LogP contribution in [0.15, 0.2) is 24.3 Å². The first-order valence-electron chi connectivity index (χ1n) is 4.77. The minimum Gasteiger partial charge on any atom is -0.508 e. The van der Waals surface area contributed by atoms with Crippen LogP contribution in [-0.4, -0.2) is 24.0 Å². The zero-order valence-corrected chi connectivity index (χ0v) is 7.86. The molecule has 14 heavy (non-hydrogen) atoms. The van der Waals surface area contributed by atoms with Crippen molar-refractivity contribution < 1.29 is 9.90 Å². The van der Waals surface area contributed by atoms with E-state index in [-0.39, 0.29) is 17.5 Å². The Kier molecular flexibility index (Phi) is 2.50. The van der Waals surface area contributed by atoms with E-state index in [1.54, 1.807) is 12.1 Å². The third kappa shape index (κ3) is 1.93. The number of benzene rings is 1. The van der Waals surface area contributed by atoms with Crippen molar-refractivity contribution in [3.63, 3.8) is 0 Å². The first kappa shape index (κ1) is 9.21. The quantitative estimate of drug-likeness (QED) is 0.724. The molecular formula is C11H13NO2. The monoisotopic (exact) mass is 191 g/mol. The normalized spacial score (nSPS) is 21.4. The summed E-state index contributed by atoms with van der Waals surface area (Å²) in [6.07, 6.45) is 0.770. The van der Waals surface area contributed by atoms with Gasteiger partial charge in [0.1, 0.15) is 5.75 Å². The van der Waals surface area contributed by atoms with Gasteiger partial charge in [-0.3, -0.25) is 4.79 Å². The molecule has 0 saturated carbocycles. The van der Waals surface area contributed by atoms with Gasteiger partial charge in [0, 0.05) is 12.5 Å². The van der Waals surface area contributed by atoms with E-state index in [0.717, 1.165) is 18.5 Å². The predicted molar refractivity (Wildman–Crippen MR) is 53.2 cm³/mol. The van der Waals surface area contributed by atoms with Crippen molar-refractivity contribution in [3.05, 3.63) is 29.8 Å². The molecule has 0 spiro atoms. The molecule has 2 rings (SSSR count).